The second-order valence-corrected chi connectivity index (χ2v) is 8.85. The lowest BCUT2D eigenvalue weighted by Gasteiger charge is -2.33. The van der Waals surface area contributed by atoms with Crippen molar-refractivity contribution in [3.63, 3.8) is 0 Å². The van der Waals surface area contributed by atoms with Crippen molar-refractivity contribution in [2.75, 3.05) is 4.90 Å². The number of hydrogen-bond acceptors (Lipinski definition) is 5. The van der Waals surface area contributed by atoms with Crippen LogP contribution in [0.4, 0.5) is 5.69 Å². The number of rotatable bonds is 3. The van der Waals surface area contributed by atoms with Crippen LogP contribution in [0.3, 0.4) is 0 Å². The number of benzene rings is 3. The van der Waals surface area contributed by atoms with Gasteiger partial charge in [0.05, 0.1) is 29.8 Å². The monoisotopic (exact) mass is 455 g/mol. The second-order valence-electron chi connectivity index (χ2n) is 8.41. The van der Waals surface area contributed by atoms with Gasteiger partial charge >= 0.3 is 0 Å². The first-order valence-corrected chi connectivity index (χ1v) is 11.1. The number of fused-ring (bicyclic) bond motifs is 5. The zero-order valence-electron chi connectivity index (χ0n) is 17.3. The van der Waals surface area contributed by atoms with Crippen molar-refractivity contribution in [2.45, 2.75) is 12.1 Å². The summed E-state index contributed by atoms with van der Waals surface area (Å²) in [6.45, 7) is 0. The van der Waals surface area contributed by atoms with Gasteiger partial charge in [-0.1, -0.05) is 66.2 Å². The van der Waals surface area contributed by atoms with Crippen LogP contribution >= 0.6 is 11.6 Å². The second kappa shape index (κ2) is 7.39. The number of anilines is 1. The van der Waals surface area contributed by atoms with Gasteiger partial charge in [-0.15, -0.1) is 0 Å². The highest BCUT2D eigenvalue weighted by molar-refractivity contribution is 6.31. The quantitative estimate of drug-likeness (QED) is 0.440. The third kappa shape index (κ3) is 2.87. The van der Waals surface area contributed by atoms with Crippen molar-refractivity contribution < 1.29 is 14.4 Å². The number of hydrogen-bond donors (Lipinski definition) is 0. The van der Waals surface area contributed by atoms with Crippen LogP contribution in [0.25, 0.3) is 0 Å². The summed E-state index contributed by atoms with van der Waals surface area (Å²) >= 11 is 6.01. The van der Waals surface area contributed by atoms with Crippen molar-refractivity contribution >= 4 is 41.1 Å². The minimum atomic E-state index is -0.874. The fraction of sp³-hybridized carbons (Fsp3) is 0.154. The Bertz CT molecular complexity index is 1320. The van der Waals surface area contributed by atoms with E-state index in [0.717, 1.165) is 11.1 Å². The van der Waals surface area contributed by atoms with Crippen molar-refractivity contribution in [3.8, 4) is 0 Å². The fourth-order valence-electron chi connectivity index (χ4n) is 5.29. The van der Waals surface area contributed by atoms with Gasteiger partial charge in [-0.3, -0.25) is 19.4 Å². The van der Waals surface area contributed by atoms with Gasteiger partial charge in [0, 0.05) is 10.6 Å². The van der Waals surface area contributed by atoms with E-state index in [0.29, 0.717) is 16.3 Å². The number of halogens is 1. The summed E-state index contributed by atoms with van der Waals surface area (Å²) in [5.74, 6) is -2.48. The Morgan fingerprint density at radius 2 is 1.48 bits per heavy atom. The molecule has 0 N–H and O–H groups in total. The third-order valence-corrected chi connectivity index (χ3v) is 6.96. The van der Waals surface area contributed by atoms with Crippen LogP contribution in [0.15, 0.2) is 84.0 Å². The van der Waals surface area contributed by atoms with Crippen LogP contribution in [0.2, 0.25) is 5.02 Å². The normalized spacial score (nSPS) is 25.1. The first-order chi connectivity index (χ1) is 16.1. The highest BCUT2D eigenvalue weighted by Gasteiger charge is 2.65. The molecule has 3 aromatic rings. The van der Waals surface area contributed by atoms with Gasteiger partial charge in [0.1, 0.15) is 6.04 Å². The molecule has 0 spiro atoms. The van der Waals surface area contributed by atoms with E-state index in [1.54, 1.807) is 59.8 Å². The number of carbonyl (C=O) groups excluding carboxylic acids is 3. The summed E-state index contributed by atoms with van der Waals surface area (Å²) in [4.78, 5) is 42.3. The Balaban J connectivity index is 1.50. The largest absolute Gasteiger partial charge is 0.292 e. The third-order valence-electron chi connectivity index (χ3n) is 6.70. The fourth-order valence-corrected chi connectivity index (χ4v) is 5.41. The van der Waals surface area contributed by atoms with Gasteiger partial charge in [0.15, 0.2) is 5.78 Å². The smallest absolute Gasteiger partial charge is 0.240 e. The molecule has 4 atom stereocenters. The zero-order chi connectivity index (χ0) is 22.7. The van der Waals surface area contributed by atoms with Crippen LogP contribution in [0.1, 0.15) is 27.5 Å². The summed E-state index contributed by atoms with van der Waals surface area (Å²) in [6.07, 6.45) is 1.70. The minimum absolute atomic E-state index is 0.219. The van der Waals surface area contributed by atoms with Crippen LogP contribution < -0.4 is 4.90 Å². The predicted molar refractivity (Wildman–Crippen MR) is 124 cm³/mol. The average molecular weight is 456 g/mol. The maximum Gasteiger partial charge on any atom is 0.240 e. The highest BCUT2D eigenvalue weighted by Crippen LogP contribution is 2.53. The molecule has 0 aliphatic carbocycles. The van der Waals surface area contributed by atoms with Crippen LogP contribution in [0.5, 0.6) is 0 Å². The lowest BCUT2D eigenvalue weighted by molar-refractivity contribution is -0.124. The Labute approximate surface area is 195 Å². The van der Waals surface area contributed by atoms with E-state index >= 15 is 0 Å². The van der Waals surface area contributed by atoms with E-state index in [1.165, 1.54) is 4.90 Å². The summed E-state index contributed by atoms with van der Waals surface area (Å²) in [5.41, 5.74) is 2.72. The lowest BCUT2D eigenvalue weighted by atomic mass is 9.83. The van der Waals surface area contributed by atoms with Crippen molar-refractivity contribution in [1.82, 2.24) is 5.01 Å². The molecular weight excluding hydrogens is 438 g/mol. The molecule has 2 fully saturated rings. The van der Waals surface area contributed by atoms with E-state index in [4.69, 9.17) is 11.6 Å². The summed E-state index contributed by atoms with van der Waals surface area (Å²) in [7, 11) is 0. The van der Waals surface area contributed by atoms with E-state index < -0.39 is 23.9 Å². The number of carbonyl (C=O) groups is 3. The summed E-state index contributed by atoms with van der Waals surface area (Å²) < 4.78 is 0. The van der Waals surface area contributed by atoms with Gasteiger partial charge < -0.3 is 0 Å². The Kier molecular flexibility index (Phi) is 4.45. The van der Waals surface area contributed by atoms with Crippen molar-refractivity contribution in [2.24, 2.45) is 16.9 Å². The first kappa shape index (κ1) is 19.9. The molecule has 3 aromatic carbocycles. The molecule has 2 saturated heterocycles. The molecule has 2 amide bonds. The van der Waals surface area contributed by atoms with Gasteiger partial charge in [0.25, 0.3) is 0 Å². The number of nitrogens with zero attached hydrogens (tertiary/aromatic N) is 3. The molecule has 162 valence electrons. The molecule has 3 aliphatic heterocycles. The molecule has 0 radical (unpaired) electrons. The summed E-state index contributed by atoms with van der Waals surface area (Å²) in [6, 6.07) is 21.7. The standard InChI is InChI=1S/C26H18ClN3O3/c27-17-10-12-18(13-11-17)29-25(32)20-21(26(29)33)23(24(31)15-6-2-1-3-7-15)30-22(20)19-9-5-4-8-16(19)14-28-30/h1-14,20-23H/t20-,21+,22+,23-/m0/s1. The first-order valence-electron chi connectivity index (χ1n) is 10.7. The van der Waals surface area contributed by atoms with Gasteiger partial charge in [0.2, 0.25) is 11.8 Å². The molecule has 0 aromatic heterocycles. The Morgan fingerprint density at radius 3 is 2.24 bits per heavy atom. The maximum absolute atomic E-state index is 13.7. The van der Waals surface area contributed by atoms with E-state index in [2.05, 4.69) is 5.10 Å². The van der Waals surface area contributed by atoms with Crippen LogP contribution in [-0.4, -0.2) is 34.9 Å². The number of ketones is 1. The SMILES string of the molecule is O=C(c1ccccc1)[C@@H]1[C@@H]2C(=O)N(c3ccc(Cl)cc3)C(=O)[C@@H]2[C@H]2c3ccccc3C=NN12. The van der Waals surface area contributed by atoms with Crippen molar-refractivity contribution in [1.29, 1.82) is 0 Å². The molecule has 0 unspecified atom stereocenters. The van der Waals surface area contributed by atoms with Gasteiger partial charge in [-0.2, -0.15) is 5.10 Å². The molecule has 3 heterocycles. The molecular formula is C26H18ClN3O3. The lowest BCUT2D eigenvalue weighted by Crippen LogP contribution is -2.44. The van der Waals surface area contributed by atoms with E-state index in [1.807, 2.05) is 30.3 Å². The predicted octanol–water partition coefficient (Wildman–Crippen LogP) is 4.10. The van der Waals surface area contributed by atoms with Gasteiger partial charge in [-0.25, -0.2) is 4.90 Å². The molecule has 6 rings (SSSR count). The number of imide groups is 1. The van der Waals surface area contributed by atoms with Gasteiger partial charge in [-0.05, 0) is 35.4 Å². The highest BCUT2D eigenvalue weighted by atomic mass is 35.5. The van der Waals surface area contributed by atoms with E-state index in [-0.39, 0.29) is 17.6 Å². The topological polar surface area (TPSA) is 70.0 Å². The zero-order valence-corrected chi connectivity index (χ0v) is 18.1. The van der Waals surface area contributed by atoms with Crippen LogP contribution in [0, 0.1) is 11.8 Å². The summed E-state index contributed by atoms with van der Waals surface area (Å²) in [5, 5.41) is 6.75. The Hall–Kier alpha value is -3.77. The maximum atomic E-state index is 13.7. The molecule has 3 aliphatic rings. The average Bonchev–Trinajstić information content (AvgIpc) is 3.32. The van der Waals surface area contributed by atoms with Crippen LogP contribution in [-0.2, 0) is 9.59 Å². The van der Waals surface area contributed by atoms with E-state index in [9.17, 15) is 14.4 Å². The molecule has 6 nitrogen and oxygen atoms in total. The molecule has 0 bridgehead atoms. The number of Topliss-reactive ketones (excluding diaryl/α,β-unsaturated/α-hetero) is 1. The molecule has 0 saturated carbocycles. The molecule has 7 heteroatoms. The minimum Gasteiger partial charge on any atom is -0.292 e. The molecule has 33 heavy (non-hydrogen) atoms. The number of hydrazone groups is 1. The Morgan fingerprint density at radius 1 is 0.818 bits per heavy atom. The van der Waals surface area contributed by atoms with Crippen molar-refractivity contribution in [3.05, 3.63) is 101 Å². The number of amides is 2.